The van der Waals surface area contributed by atoms with Gasteiger partial charge in [-0.05, 0) is 62.9 Å². The van der Waals surface area contributed by atoms with Crippen LogP contribution in [0.5, 0.6) is 0 Å². The molecule has 0 fully saturated rings. The predicted octanol–water partition coefficient (Wildman–Crippen LogP) is 3.92. The molecule has 0 aliphatic rings. The quantitative estimate of drug-likeness (QED) is 0.836. The summed E-state index contributed by atoms with van der Waals surface area (Å²) in [5.41, 5.74) is 5.68. The van der Waals surface area contributed by atoms with Crippen molar-refractivity contribution in [1.29, 1.82) is 0 Å². The molecule has 20 heavy (non-hydrogen) atoms. The van der Waals surface area contributed by atoms with Gasteiger partial charge in [-0.3, -0.25) is 0 Å². The highest BCUT2D eigenvalue weighted by Gasteiger charge is 2.11. The molecule has 0 radical (unpaired) electrons. The van der Waals surface area contributed by atoms with Crippen LogP contribution in [0.2, 0.25) is 0 Å². The van der Waals surface area contributed by atoms with E-state index in [1.165, 1.54) is 22.3 Å². The number of aryl methyl sites for hydroxylation is 2. The molecule has 0 aromatic heterocycles. The van der Waals surface area contributed by atoms with Crippen LogP contribution in [0.25, 0.3) is 0 Å². The maximum atomic E-state index is 3.34. The van der Waals surface area contributed by atoms with E-state index in [4.69, 9.17) is 0 Å². The molecule has 0 saturated carbocycles. The van der Waals surface area contributed by atoms with Crippen LogP contribution in [0.1, 0.15) is 22.3 Å². The minimum atomic E-state index is 0.642. The second-order valence-electron chi connectivity index (χ2n) is 5.75. The summed E-state index contributed by atoms with van der Waals surface area (Å²) < 4.78 is 0. The first-order valence-corrected chi connectivity index (χ1v) is 7.43. The molecule has 2 rings (SSSR count). The van der Waals surface area contributed by atoms with Crippen molar-refractivity contribution in [2.75, 3.05) is 13.6 Å². The largest absolute Gasteiger partial charge is 0.319 e. The zero-order valence-electron chi connectivity index (χ0n) is 12.8. The fourth-order valence-corrected chi connectivity index (χ4v) is 2.78. The molecule has 0 aliphatic heterocycles. The Morgan fingerprint density at radius 1 is 0.950 bits per heavy atom. The lowest BCUT2D eigenvalue weighted by Crippen LogP contribution is -2.23. The summed E-state index contributed by atoms with van der Waals surface area (Å²) in [7, 11) is 2.04. The first kappa shape index (κ1) is 14.8. The first-order chi connectivity index (χ1) is 9.69. The third-order valence-electron chi connectivity index (χ3n) is 3.87. The molecule has 1 heteroatoms. The zero-order chi connectivity index (χ0) is 14.4. The van der Waals surface area contributed by atoms with Crippen LogP contribution < -0.4 is 5.32 Å². The lowest BCUT2D eigenvalue weighted by molar-refractivity contribution is 0.492. The standard InChI is InChI=1S/C19H25N/c1-15-9-10-16(2)19(11-15)13-18(14-20-3)12-17-7-5-4-6-8-17/h4-11,18,20H,12-14H2,1-3H3. The SMILES string of the molecule is CNCC(Cc1ccccc1)Cc1cc(C)ccc1C. The Hall–Kier alpha value is -1.60. The topological polar surface area (TPSA) is 12.0 Å². The van der Waals surface area contributed by atoms with E-state index in [1.807, 2.05) is 7.05 Å². The summed E-state index contributed by atoms with van der Waals surface area (Å²) in [4.78, 5) is 0. The summed E-state index contributed by atoms with van der Waals surface area (Å²) in [6.45, 7) is 5.45. The fraction of sp³-hybridized carbons (Fsp3) is 0.368. The summed E-state index contributed by atoms with van der Waals surface area (Å²) in [5.74, 6) is 0.642. The molecule has 0 spiro atoms. The summed E-state index contributed by atoms with van der Waals surface area (Å²) in [6.07, 6.45) is 2.28. The van der Waals surface area contributed by atoms with Crippen molar-refractivity contribution < 1.29 is 0 Å². The second kappa shape index (κ2) is 7.25. The molecule has 0 amide bonds. The molecule has 0 heterocycles. The van der Waals surface area contributed by atoms with Gasteiger partial charge in [-0.15, -0.1) is 0 Å². The van der Waals surface area contributed by atoms with Crippen LogP contribution >= 0.6 is 0 Å². The van der Waals surface area contributed by atoms with Crippen molar-refractivity contribution in [2.24, 2.45) is 5.92 Å². The molecular weight excluding hydrogens is 242 g/mol. The average Bonchev–Trinajstić information content (AvgIpc) is 2.44. The second-order valence-corrected chi connectivity index (χ2v) is 5.75. The summed E-state index contributed by atoms with van der Waals surface area (Å²) in [5, 5.41) is 3.34. The molecular formula is C19H25N. The number of hydrogen-bond acceptors (Lipinski definition) is 1. The molecule has 106 valence electrons. The van der Waals surface area contributed by atoms with Gasteiger partial charge in [0.1, 0.15) is 0 Å². The minimum absolute atomic E-state index is 0.642. The van der Waals surface area contributed by atoms with Crippen LogP contribution in [0.4, 0.5) is 0 Å². The van der Waals surface area contributed by atoms with Crippen LogP contribution in [-0.4, -0.2) is 13.6 Å². The Bertz CT molecular complexity index is 531. The van der Waals surface area contributed by atoms with Crippen molar-refractivity contribution >= 4 is 0 Å². The summed E-state index contributed by atoms with van der Waals surface area (Å²) in [6, 6.07) is 17.6. The van der Waals surface area contributed by atoms with Gasteiger partial charge in [0.25, 0.3) is 0 Å². The van der Waals surface area contributed by atoms with Crippen molar-refractivity contribution in [3.8, 4) is 0 Å². The highest BCUT2D eigenvalue weighted by molar-refractivity contribution is 5.31. The van der Waals surface area contributed by atoms with Crippen molar-refractivity contribution in [3.05, 3.63) is 70.8 Å². The van der Waals surface area contributed by atoms with Crippen LogP contribution in [0.15, 0.2) is 48.5 Å². The van der Waals surface area contributed by atoms with E-state index in [9.17, 15) is 0 Å². The Kier molecular flexibility index (Phi) is 5.37. The van der Waals surface area contributed by atoms with Gasteiger partial charge in [0.2, 0.25) is 0 Å². The Balaban J connectivity index is 2.11. The maximum Gasteiger partial charge on any atom is -0.00172 e. The molecule has 0 saturated heterocycles. The molecule has 2 aromatic carbocycles. The minimum Gasteiger partial charge on any atom is -0.319 e. The molecule has 2 aromatic rings. The van der Waals surface area contributed by atoms with Crippen molar-refractivity contribution in [3.63, 3.8) is 0 Å². The monoisotopic (exact) mass is 267 g/mol. The van der Waals surface area contributed by atoms with Crippen LogP contribution in [0, 0.1) is 19.8 Å². The first-order valence-electron chi connectivity index (χ1n) is 7.43. The van der Waals surface area contributed by atoms with Crippen LogP contribution in [0.3, 0.4) is 0 Å². The van der Waals surface area contributed by atoms with E-state index >= 15 is 0 Å². The number of hydrogen-bond donors (Lipinski definition) is 1. The Morgan fingerprint density at radius 2 is 1.70 bits per heavy atom. The van der Waals surface area contributed by atoms with E-state index < -0.39 is 0 Å². The smallest absolute Gasteiger partial charge is 0.00172 e. The highest BCUT2D eigenvalue weighted by atomic mass is 14.8. The fourth-order valence-electron chi connectivity index (χ4n) is 2.78. The van der Waals surface area contributed by atoms with Gasteiger partial charge in [-0.2, -0.15) is 0 Å². The van der Waals surface area contributed by atoms with Gasteiger partial charge in [-0.25, -0.2) is 0 Å². The molecule has 1 nitrogen and oxygen atoms in total. The van der Waals surface area contributed by atoms with Gasteiger partial charge < -0.3 is 5.32 Å². The highest BCUT2D eigenvalue weighted by Crippen LogP contribution is 2.18. The average molecular weight is 267 g/mol. The third-order valence-corrected chi connectivity index (χ3v) is 3.87. The van der Waals surface area contributed by atoms with E-state index in [1.54, 1.807) is 0 Å². The molecule has 0 bridgehead atoms. The zero-order valence-corrected chi connectivity index (χ0v) is 12.8. The molecule has 1 unspecified atom stereocenters. The Morgan fingerprint density at radius 3 is 2.40 bits per heavy atom. The number of benzene rings is 2. The third kappa shape index (κ3) is 4.21. The summed E-state index contributed by atoms with van der Waals surface area (Å²) >= 11 is 0. The van der Waals surface area contributed by atoms with Crippen molar-refractivity contribution in [1.82, 2.24) is 5.32 Å². The van der Waals surface area contributed by atoms with E-state index in [-0.39, 0.29) is 0 Å². The normalized spacial score (nSPS) is 12.3. The van der Waals surface area contributed by atoms with Gasteiger partial charge in [-0.1, -0.05) is 54.1 Å². The van der Waals surface area contributed by atoms with Gasteiger partial charge >= 0.3 is 0 Å². The van der Waals surface area contributed by atoms with E-state index in [0.29, 0.717) is 5.92 Å². The molecule has 1 N–H and O–H groups in total. The maximum absolute atomic E-state index is 3.34. The lowest BCUT2D eigenvalue weighted by atomic mass is 9.90. The number of rotatable bonds is 6. The lowest BCUT2D eigenvalue weighted by Gasteiger charge is -2.18. The Labute approximate surface area is 123 Å². The van der Waals surface area contributed by atoms with Crippen LogP contribution in [-0.2, 0) is 12.8 Å². The molecule has 1 atom stereocenters. The van der Waals surface area contributed by atoms with E-state index in [2.05, 4.69) is 67.7 Å². The number of nitrogens with one attached hydrogen (secondary N) is 1. The predicted molar refractivity (Wildman–Crippen MR) is 87.2 cm³/mol. The van der Waals surface area contributed by atoms with Crippen molar-refractivity contribution in [2.45, 2.75) is 26.7 Å². The van der Waals surface area contributed by atoms with Gasteiger partial charge in [0, 0.05) is 0 Å². The van der Waals surface area contributed by atoms with Gasteiger partial charge in [0.05, 0.1) is 0 Å². The van der Waals surface area contributed by atoms with Gasteiger partial charge in [0.15, 0.2) is 0 Å². The molecule has 0 aliphatic carbocycles. The van der Waals surface area contributed by atoms with E-state index in [0.717, 1.165) is 19.4 Å².